The van der Waals surface area contributed by atoms with Gasteiger partial charge in [0.25, 0.3) is 5.91 Å². The highest BCUT2D eigenvalue weighted by atomic mass is 19.1. The number of pyridine rings is 1. The number of nitrogens with zero attached hydrogens (tertiary/aromatic N) is 3. The number of likely N-dealkylation sites (tertiary alicyclic amines) is 1. The summed E-state index contributed by atoms with van der Waals surface area (Å²) in [4.78, 5) is 19.8. The van der Waals surface area contributed by atoms with E-state index in [1.54, 1.807) is 12.3 Å². The van der Waals surface area contributed by atoms with E-state index >= 15 is 0 Å². The number of hydrogen-bond acceptors (Lipinski definition) is 4. The van der Waals surface area contributed by atoms with Crippen molar-refractivity contribution >= 4 is 27.7 Å². The number of amides is 1. The van der Waals surface area contributed by atoms with Crippen LogP contribution in [0.15, 0.2) is 48.7 Å². The summed E-state index contributed by atoms with van der Waals surface area (Å²) < 4.78 is 13.6. The number of halogens is 1. The number of carbonyl (C=O) groups is 1. The van der Waals surface area contributed by atoms with Gasteiger partial charge >= 0.3 is 0 Å². The smallest absolute Gasteiger partial charge is 0.272 e. The molecule has 2 N–H and O–H groups in total. The summed E-state index contributed by atoms with van der Waals surface area (Å²) in [5, 5.41) is 11.9. The van der Waals surface area contributed by atoms with Crippen LogP contribution in [0.2, 0.25) is 0 Å². The van der Waals surface area contributed by atoms with Crippen LogP contribution < -0.4 is 5.32 Å². The molecule has 1 amide bonds. The van der Waals surface area contributed by atoms with Gasteiger partial charge in [-0.2, -0.15) is 5.10 Å². The first kappa shape index (κ1) is 19.6. The molecule has 3 heterocycles. The van der Waals surface area contributed by atoms with Gasteiger partial charge in [0.15, 0.2) is 5.69 Å². The summed E-state index contributed by atoms with van der Waals surface area (Å²) in [7, 11) is 0. The molecule has 1 saturated heterocycles. The number of carbonyl (C=O) groups excluding carboxylic acids is 1. The first-order valence-corrected chi connectivity index (χ1v) is 10.7. The monoisotopic (exact) mass is 417 g/mol. The summed E-state index contributed by atoms with van der Waals surface area (Å²) in [5.74, 6) is -0.447. The summed E-state index contributed by atoms with van der Waals surface area (Å²) in [6.07, 6.45) is 3.67. The van der Waals surface area contributed by atoms with Crippen molar-refractivity contribution < 1.29 is 9.18 Å². The highest BCUT2D eigenvalue weighted by molar-refractivity contribution is 6.05. The van der Waals surface area contributed by atoms with E-state index in [4.69, 9.17) is 0 Å². The third-order valence-electron chi connectivity index (χ3n) is 6.12. The van der Waals surface area contributed by atoms with Crippen LogP contribution in [0.1, 0.15) is 30.3 Å². The van der Waals surface area contributed by atoms with Gasteiger partial charge in [-0.15, -0.1) is 0 Å². The molecule has 158 valence electrons. The van der Waals surface area contributed by atoms with Gasteiger partial charge in [0.05, 0.1) is 11.0 Å². The molecule has 7 heteroatoms. The highest BCUT2D eigenvalue weighted by Crippen LogP contribution is 2.27. The molecule has 0 unspecified atom stereocenters. The number of piperidine rings is 1. The molecule has 31 heavy (non-hydrogen) atoms. The number of hydrogen-bond donors (Lipinski definition) is 2. The zero-order chi connectivity index (χ0) is 21.4. The first-order chi connectivity index (χ1) is 15.1. The van der Waals surface area contributed by atoms with E-state index in [0.29, 0.717) is 5.69 Å². The lowest BCUT2D eigenvalue weighted by Crippen LogP contribution is -2.44. The SMILES string of the molecule is CCN1CCC(NC(=O)c2n[nH]c3ccc(-c4cnc5ccc(F)cc5c4)cc23)CC1. The summed E-state index contributed by atoms with van der Waals surface area (Å²) in [5.41, 5.74) is 3.70. The second-order valence-corrected chi connectivity index (χ2v) is 8.08. The first-order valence-electron chi connectivity index (χ1n) is 10.7. The topological polar surface area (TPSA) is 73.9 Å². The van der Waals surface area contributed by atoms with Gasteiger partial charge in [-0.3, -0.25) is 14.9 Å². The molecule has 1 aliphatic rings. The molecular weight excluding hydrogens is 393 g/mol. The average Bonchev–Trinajstić information content (AvgIpc) is 3.22. The van der Waals surface area contributed by atoms with Crippen LogP contribution >= 0.6 is 0 Å². The van der Waals surface area contributed by atoms with E-state index in [1.165, 1.54) is 12.1 Å². The Hall–Kier alpha value is -3.32. The van der Waals surface area contributed by atoms with E-state index in [2.05, 4.69) is 32.3 Å². The third-order valence-corrected chi connectivity index (χ3v) is 6.12. The molecule has 0 saturated carbocycles. The number of rotatable bonds is 4. The van der Waals surface area contributed by atoms with Gasteiger partial charge in [-0.25, -0.2) is 4.39 Å². The minimum absolute atomic E-state index is 0.156. The van der Waals surface area contributed by atoms with Crippen LogP contribution in [0.3, 0.4) is 0 Å². The van der Waals surface area contributed by atoms with E-state index in [-0.39, 0.29) is 17.8 Å². The Morgan fingerprint density at radius 2 is 2.00 bits per heavy atom. The Morgan fingerprint density at radius 3 is 2.81 bits per heavy atom. The number of benzene rings is 2. The summed E-state index contributed by atoms with van der Waals surface area (Å²) in [6, 6.07) is 12.4. The molecule has 0 bridgehead atoms. The van der Waals surface area contributed by atoms with Crippen LogP contribution in [0, 0.1) is 5.82 Å². The van der Waals surface area contributed by atoms with Crippen molar-refractivity contribution in [1.29, 1.82) is 0 Å². The molecule has 5 rings (SSSR count). The average molecular weight is 417 g/mol. The van der Waals surface area contributed by atoms with Crippen molar-refractivity contribution in [1.82, 2.24) is 25.4 Å². The molecule has 6 nitrogen and oxygen atoms in total. The predicted octanol–water partition coefficient (Wildman–Crippen LogP) is 4.13. The van der Waals surface area contributed by atoms with Crippen molar-refractivity contribution in [3.63, 3.8) is 0 Å². The Balaban J connectivity index is 1.42. The number of nitrogens with one attached hydrogen (secondary N) is 2. The molecule has 0 spiro atoms. The molecule has 1 aliphatic heterocycles. The molecule has 0 atom stereocenters. The Bertz CT molecular complexity index is 1260. The van der Waals surface area contributed by atoms with Crippen LogP contribution in [-0.2, 0) is 0 Å². The lowest BCUT2D eigenvalue weighted by molar-refractivity contribution is 0.0909. The second kappa shape index (κ2) is 8.07. The fourth-order valence-electron chi connectivity index (χ4n) is 4.27. The third kappa shape index (κ3) is 3.88. The maximum Gasteiger partial charge on any atom is 0.272 e. The Labute approximate surface area is 179 Å². The molecule has 4 aromatic rings. The predicted molar refractivity (Wildman–Crippen MR) is 119 cm³/mol. The van der Waals surface area contributed by atoms with Crippen molar-refractivity contribution in [2.75, 3.05) is 19.6 Å². The standard InChI is InChI=1S/C24H24FN5O/c1-2-30-9-7-19(8-10-30)27-24(31)23-20-13-15(3-5-22(20)28-29-23)17-11-16-12-18(25)4-6-21(16)26-14-17/h3-6,11-14,19H,2,7-10H2,1H3,(H,27,31)(H,28,29). The van der Waals surface area contributed by atoms with Gasteiger partial charge in [-0.05, 0) is 61.3 Å². The number of aromatic nitrogens is 3. The Morgan fingerprint density at radius 1 is 1.16 bits per heavy atom. The summed E-state index contributed by atoms with van der Waals surface area (Å²) in [6.45, 7) is 5.21. The van der Waals surface area contributed by atoms with Crippen LogP contribution in [0.25, 0.3) is 32.9 Å². The maximum absolute atomic E-state index is 13.6. The van der Waals surface area contributed by atoms with Crippen molar-refractivity contribution in [3.8, 4) is 11.1 Å². The minimum Gasteiger partial charge on any atom is -0.348 e. The quantitative estimate of drug-likeness (QED) is 0.524. The number of H-pyrrole nitrogens is 1. The second-order valence-electron chi connectivity index (χ2n) is 8.08. The Kier molecular flexibility index (Phi) is 5.11. The normalized spacial score (nSPS) is 15.5. The summed E-state index contributed by atoms with van der Waals surface area (Å²) >= 11 is 0. The van der Waals surface area contributed by atoms with Gasteiger partial charge in [0.1, 0.15) is 5.82 Å². The largest absolute Gasteiger partial charge is 0.348 e. The van der Waals surface area contributed by atoms with E-state index in [9.17, 15) is 9.18 Å². The molecule has 0 aliphatic carbocycles. The van der Waals surface area contributed by atoms with Crippen molar-refractivity contribution in [2.45, 2.75) is 25.8 Å². The van der Waals surface area contributed by atoms with Gasteiger partial charge in [0.2, 0.25) is 0 Å². The molecule has 2 aromatic carbocycles. The van der Waals surface area contributed by atoms with Crippen molar-refractivity contribution in [3.05, 3.63) is 60.2 Å². The van der Waals surface area contributed by atoms with Crippen molar-refractivity contribution in [2.24, 2.45) is 0 Å². The van der Waals surface area contributed by atoms with Gasteiger partial charge in [0, 0.05) is 41.7 Å². The van der Waals surface area contributed by atoms with Gasteiger partial charge in [-0.1, -0.05) is 13.0 Å². The number of aromatic amines is 1. The molecule has 2 aromatic heterocycles. The molecule has 0 radical (unpaired) electrons. The van der Waals surface area contributed by atoms with Gasteiger partial charge < -0.3 is 10.2 Å². The maximum atomic E-state index is 13.6. The molecular formula is C24H24FN5O. The van der Waals surface area contributed by atoms with E-state index in [0.717, 1.165) is 65.4 Å². The lowest BCUT2D eigenvalue weighted by atomic mass is 10.0. The lowest BCUT2D eigenvalue weighted by Gasteiger charge is -2.31. The fraction of sp³-hybridized carbons (Fsp3) is 0.292. The van der Waals surface area contributed by atoms with Crippen LogP contribution in [0.4, 0.5) is 4.39 Å². The zero-order valence-electron chi connectivity index (χ0n) is 17.4. The minimum atomic E-state index is -0.291. The molecule has 1 fully saturated rings. The van der Waals surface area contributed by atoms with E-state index < -0.39 is 0 Å². The zero-order valence-corrected chi connectivity index (χ0v) is 17.4. The fourth-order valence-corrected chi connectivity index (χ4v) is 4.27. The van der Waals surface area contributed by atoms with Crippen LogP contribution in [-0.4, -0.2) is 51.7 Å². The van der Waals surface area contributed by atoms with E-state index in [1.807, 2.05) is 24.3 Å². The van der Waals surface area contributed by atoms with Crippen LogP contribution in [0.5, 0.6) is 0 Å². The number of fused-ring (bicyclic) bond motifs is 2. The highest BCUT2D eigenvalue weighted by Gasteiger charge is 2.22.